The van der Waals surface area contributed by atoms with Gasteiger partial charge in [0, 0.05) is 31.3 Å². The number of rotatable bonds is 9. The minimum atomic E-state index is -0.612. The number of hydrogen-bond acceptors (Lipinski definition) is 7. The second-order valence-corrected chi connectivity index (χ2v) is 6.63. The van der Waals surface area contributed by atoms with Crippen LogP contribution in [0.5, 0.6) is 11.6 Å². The van der Waals surface area contributed by atoms with Crippen LogP contribution in [0.2, 0.25) is 0 Å². The van der Waals surface area contributed by atoms with E-state index in [1.807, 2.05) is 0 Å². The predicted octanol–water partition coefficient (Wildman–Crippen LogP) is 3.37. The van der Waals surface area contributed by atoms with Gasteiger partial charge in [-0.25, -0.2) is 8.91 Å². The van der Waals surface area contributed by atoms with E-state index in [9.17, 15) is 9.18 Å². The first kappa shape index (κ1) is 21.0. The van der Waals surface area contributed by atoms with Gasteiger partial charge in [-0.3, -0.25) is 9.48 Å². The number of methoxy groups -OCH3 is 1. The molecular weight excluding hydrogens is 417 g/mol. The molecule has 1 amide bonds. The van der Waals surface area contributed by atoms with Crippen molar-refractivity contribution in [3.8, 4) is 11.6 Å². The maximum atomic E-state index is 14.4. The molecular formula is C21H20FN7O3. The van der Waals surface area contributed by atoms with E-state index in [0.717, 1.165) is 6.08 Å². The Hall–Kier alpha value is -4.25. The normalized spacial score (nSPS) is 10.8. The van der Waals surface area contributed by atoms with E-state index < -0.39 is 11.7 Å². The molecule has 0 aliphatic heterocycles. The summed E-state index contributed by atoms with van der Waals surface area (Å²) in [5.41, 5.74) is 1.55. The Kier molecular flexibility index (Phi) is 6.08. The fourth-order valence-electron chi connectivity index (χ4n) is 2.86. The monoisotopic (exact) mass is 437 g/mol. The molecule has 0 aliphatic rings. The number of anilines is 3. The van der Waals surface area contributed by atoms with Crippen molar-refractivity contribution in [2.45, 2.75) is 6.54 Å². The lowest BCUT2D eigenvalue weighted by molar-refractivity contribution is -0.111. The van der Waals surface area contributed by atoms with Crippen molar-refractivity contribution >= 4 is 28.7 Å². The number of benzene rings is 1. The van der Waals surface area contributed by atoms with Crippen LogP contribution < -0.4 is 15.4 Å². The SMILES string of the molecule is C=CC(=O)Nc1ccc(F)c(Oc2nc(Nc3cnn(CCOC)c3)nn3cccc23)c1. The minimum absolute atomic E-state index is 0.105. The zero-order valence-electron chi connectivity index (χ0n) is 17.2. The molecule has 0 fully saturated rings. The first-order chi connectivity index (χ1) is 15.6. The highest BCUT2D eigenvalue weighted by atomic mass is 19.1. The van der Waals surface area contributed by atoms with E-state index in [0.29, 0.717) is 30.0 Å². The molecule has 3 aromatic heterocycles. The summed E-state index contributed by atoms with van der Waals surface area (Å²) >= 11 is 0. The van der Waals surface area contributed by atoms with E-state index in [1.54, 1.807) is 47.0 Å². The third-order valence-electron chi connectivity index (χ3n) is 4.36. The summed E-state index contributed by atoms with van der Waals surface area (Å²) in [5, 5.41) is 14.2. The quantitative estimate of drug-likeness (QED) is 0.387. The minimum Gasteiger partial charge on any atom is -0.434 e. The van der Waals surface area contributed by atoms with Crippen LogP contribution in [0.25, 0.3) is 5.52 Å². The van der Waals surface area contributed by atoms with E-state index >= 15 is 0 Å². The van der Waals surface area contributed by atoms with Gasteiger partial charge in [-0.15, -0.1) is 5.10 Å². The Balaban J connectivity index is 1.61. The highest BCUT2D eigenvalue weighted by Crippen LogP contribution is 2.30. The summed E-state index contributed by atoms with van der Waals surface area (Å²) in [4.78, 5) is 15.9. The summed E-state index contributed by atoms with van der Waals surface area (Å²) in [7, 11) is 1.62. The number of amides is 1. The summed E-state index contributed by atoms with van der Waals surface area (Å²) < 4.78 is 28.5. The fourth-order valence-corrected chi connectivity index (χ4v) is 2.86. The molecule has 32 heavy (non-hydrogen) atoms. The third-order valence-corrected chi connectivity index (χ3v) is 4.36. The van der Waals surface area contributed by atoms with Gasteiger partial charge in [0.1, 0.15) is 5.52 Å². The Morgan fingerprint density at radius 2 is 2.19 bits per heavy atom. The first-order valence-electron chi connectivity index (χ1n) is 9.60. The van der Waals surface area contributed by atoms with Crippen LogP contribution in [0.4, 0.5) is 21.7 Å². The summed E-state index contributed by atoms with van der Waals surface area (Å²) in [5.74, 6) is -0.779. The van der Waals surface area contributed by atoms with Crippen LogP contribution in [0, 0.1) is 5.82 Å². The number of carbonyl (C=O) groups excluding carboxylic acids is 1. The maximum absolute atomic E-state index is 14.4. The molecule has 0 saturated heterocycles. The number of fused-ring (bicyclic) bond motifs is 1. The van der Waals surface area contributed by atoms with Gasteiger partial charge in [0.2, 0.25) is 17.7 Å². The molecule has 0 bridgehead atoms. The topological polar surface area (TPSA) is 108 Å². The van der Waals surface area contributed by atoms with Gasteiger partial charge >= 0.3 is 0 Å². The molecule has 10 nitrogen and oxygen atoms in total. The summed E-state index contributed by atoms with van der Waals surface area (Å²) in [6.07, 6.45) is 6.25. The van der Waals surface area contributed by atoms with Crippen molar-refractivity contribution in [3.05, 3.63) is 67.4 Å². The molecule has 0 radical (unpaired) electrons. The average molecular weight is 437 g/mol. The number of halogens is 1. The largest absolute Gasteiger partial charge is 0.434 e. The lowest BCUT2D eigenvalue weighted by Crippen LogP contribution is -2.08. The van der Waals surface area contributed by atoms with Gasteiger partial charge in [0.05, 0.1) is 25.0 Å². The Morgan fingerprint density at radius 1 is 1.31 bits per heavy atom. The summed E-state index contributed by atoms with van der Waals surface area (Å²) in [6.45, 7) is 4.53. The molecule has 164 valence electrons. The number of nitrogens with zero attached hydrogens (tertiary/aromatic N) is 5. The van der Waals surface area contributed by atoms with Gasteiger partial charge in [0.25, 0.3) is 0 Å². The van der Waals surface area contributed by atoms with Gasteiger partial charge in [-0.05, 0) is 30.3 Å². The molecule has 2 N–H and O–H groups in total. The van der Waals surface area contributed by atoms with E-state index in [1.165, 1.54) is 18.2 Å². The number of hydrogen-bond donors (Lipinski definition) is 2. The molecule has 11 heteroatoms. The molecule has 0 aliphatic carbocycles. The van der Waals surface area contributed by atoms with Crippen molar-refractivity contribution in [1.29, 1.82) is 0 Å². The fraction of sp³-hybridized carbons (Fsp3) is 0.143. The molecule has 0 spiro atoms. The zero-order chi connectivity index (χ0) is 22.5. The van der Waals surface area contributed by atoms with Crippen molar-refractivity contribution in [3.63, 3.8) is 0 Å². The Labute approximate surface area is 182 Å². The van der Waals surface area contributed by atoms with E-state index in [2.05, 4.69) is 32.4 Å². The lowest BCUT2D eigenvalue weighted by Gasteiger charge is -2.11. The van der Waals surface area contributed by atoms with Gasteiger partial charge in [-0.2, -0.15) is 10.1 Å². The van der Waals surface area contributed by atoms with Crippen molar-refractivity contribution in [2.24, 2.45) is 0 Å². The number of aromatic nitrogens is 5. The first-order valence-corrected chi connectivity index (χ1v) is 9.60. The van der Waals surface area contributed by atoms with E-state index in [-0.39, 0.29) is 17.6 Å². The van der Waals surface area contributed by atoms with Crippen molar-refractivity contribution in [2.75, 3.05) is 24.4 Å². The second-order valence-electron chi connectivity index (χ2n) is 6.63. The van der Waals surface area contributed by atoms with Gasteiger partial charge < -0.3 is 20.1 Å². The third kappa shape index (κ3) is 4.73. The maximum Gasteiger partial charge on any atom is 0.248 e. The van der Waals surface area contributed by atoms with Crippen LogP contribution in [0.1, 0.15) is 0 Å². The van der Waals surface area contributed by atoms with E-state index in [4.69, 9.17) is 9.47 Å². The van der Waals surface area contributed by atoms with Crippen LogP contribution in [-0.4, -0.2) is 44.0 Å². The molecule has 0 unspecified atom stereocenters. The van der Waals surface area contributed by atoms with Crippen molar-refractivity contribution < 1.29 is 18.7 Å². The average Bonchev–Trinajstić information content (AvgIpc) is 3.44. The summed E-state index contributed by atoms with van der Waals surface area (Å²) in [6, 6.07) is 7.48. The van der Waals surface area contributed by atoms with Crippen LogP contribution >= 0.6 is 0 Å². The zero-order valence-corrected chi connectivity index (χ0v) is 17.2. The highest BCUT2D eigenvalue weighted by Gasteiger charge is 2.14. The molecule has 3 heterocycles. The molecule has 4 rings (SSSR count). The van der Waals surface area contributed by atoms with Gasteiger partial charge in [0.15, 0.2) is 11.6 Å². The second kappa shape index (κ2) is 9.27. The smallest absolute Gasteiger partial charge is 0.248 e. The molecule has 4 aromatic rings. The van der Waals surface area contributed by atoms with Gasteiger partial charge in [-0.1, -0.05) is 6.58 Å². The molecule has 0 saturated carbocycles. The number of nitrogens with one attached hydrogen (secondary N) is 2. The van der Waals surface area contributed by atoms with Crippen LogP contribution in [-0.2, 0) is 16.1 Å². The predicted molar refractivity (Wildman–Crippen MR) is 116 cm³/mol. The molecule has 1 aromatic carbocycles. The standard InChI is InChI=1S/C21H20FN7O3/c1-3-19(30)24-14-6-7-16(22)18(11-14)32-20-17-5-4-8-29(17)27-21(26-20)25-15-12-23-28(13-15)9-10-31-2/h3-8,11-13H,1,9-10H2,2H3,(H,24,30)(H,25,27). The highest BCUT2D eigenvalue weighted by molar-refractivity contribution is 5.98. The van der Waals surface area contributed by atoms with Crippen molar-refractivity contribution in [1.82, 2.24) is 24.4 Å². The van der Waals surface area contributed by atoms with Crippen LogP contribution in [0.3, 0.4) is 0 Å². The lowest BCUT2D eigenvalue weighted by atomic mass is 10.3. The Morgan fingerprint density at radius 3 is 3.00 bits per heavy atom. The molecule has 0 atom stereocenters. The number of ether oxygens (including phenoxy) is 2. The van der Waals surface area contributed by atoms with Crippen LogP contribution in [0.15, 0.2) is 61.6 Å². The number of carbonyl (C=O) groups is 1. The Bertz CT molecular complexity index is 1270.